The van der Waals surface area contributed by atoms with Crippen LogP contribution in [0.5, 0.6) is 0 Å². The van der Waals surface area contributed by atoms with Gasteiger partial charge in [0.25, 0.3) is 5.24 Å². The molecule has 18 heavy (non-hydrogen) atoms. The molecule has 1 nitrogen and oxygen atoms in total. The van der Waals surface area contributed by atoms with Gasteiger partial charge < -0.3 is 0 Å². The van der Waals surface area contributed by atoms with E-state index in [1.165, 1.54) is 0 Å². The van der Waals surface area contributed by atoms with Gasteiger partial charge in [-0.25, -0.2) is 0 Å². The van der Waals surface area contributed by atoms with E-state index in [2.05, 4.69) is 6.07 Å². The zero-order chi connectivity index (χ0) is 12.7. The summed E-state index contributed by atoms with van der Waals surface area (Å²) >= 11 is 11.5. The topological polar surface area (TPSA) is 17.1 Å². The number of rotatable bonds is 1. The number of fused-ring (bicyclic) bond motifs is 2. The zero-order valence-electron chi connectivity index (χ0n) is 9.28. The Labute approximate surface area is 114 Å². The van der Waals surface area contributed by atoms with Gasteiger partial charge in [-0.1, -0.05) is 35.9 Å². The molecule has 0 N–H and O–H groups in total. The molecule has 0 aromatic heterocycles. The molecule has 0 heterocycles. The van der Waals surface area contributed by atoms with E-state index in [4.69, 9.17) is 23.2 Å². The van der Waals surface area contributed by atoms with Crippen molar-refractivity contribution < 1.29 is 4.79 Å². The van der Waals surface area contributed by atoms with Crippen LogP contribution >= 0.6 is 23.2 Å². The van der Waals surface area contributed by atoms with Gasteiger partial charge >= 0.3 is 0 Å². The summed E-state index contributed by atoms with van der Waals surface area (Å²) in [6.45, 7) is 0. The zero-order valence-corrected chi connectivity index (χ0v) is 10.8. The summed E-state index contributed by atoms with van der Waals surface area (Å²) in [7, 11) is 0. The van der Waals surface area contributed by atoms with E-state index in [0.29, 0.717) is 10.6 Å². The van der Waals surface area contributed by atoms with E-state index in [-0.39, 0.29) is 0 Å². The Morgan fingerprint density at radius 1 is 0.833 bits per heavy atom. The molecule has 0 saturated heterocycles. The highest BCUT2D eigenvalue weighted by molar-refractivity contribution is 6.68. The molecule has 0 fully saturated rings. The van der Waals surface area contributed by atoms with E-state index in [1.54, 1.807) is 12.1 Å². The van der Waals surface area contributed by atoms with Crippen molar-refractivity contribution in [3.63, 3.8) is 0 Å². The Morgan fingerprint density at radius 3 is 1.94 bits per heavy atom. The lowest BCUT2D eigenvalue weighted by molar-refractivity contribution is 0.108. The van der Waals surface area contributed by atoms with Crippen molar-refractivity contribution in [3.05, 3.63) is 59.1 Å². The fraction of sp³-hybridized carbons (Fsp3) is 0. The lowest BCUT2D eigenvalue weighted by Crippen LogP contribution is -1.90. The maximum absolute atomic E-state index is 11.3. The van der Waals surface area contributed by atoms with Gasteiger partial charge in [0.2, 0.25) is 0 Å². The number of hydrogen-bond acceptors (Lipinski definition) is 1. The predicted molar refractivity (Wildman–Crippen MR) is 76.6 cm³/mol. The van der Waals surface area contributed by atoms with Crippen LogP contribution in [0, 0.1) is 0 Å². The lowest BCUT2D eigenvalue weighted by Gasteiger charge is -2.05. The molecule has 3 aromatic rings. The first-order valence-corrected chi connectivity index (χ1v) is 6.22. The molecule has 0 aliphatic rings. The van der Waals surface area contributed by atoms with Gasteiger partial charge in [-0.3, -0.25) is 4.79 Å². The summed E-state index contributed by atoms with van der Waals surface area (Å²) in [6.07, 6.45) is 0. The Kier molecular flexibility index (Phi) is 2.73. The van der Waals surface area contributed by atoms with Crippen molar-refractivity contribution in [3.8, 4) is 0 Å². The fourth-order valence-electron chi connectivity index (χ4n) is 2.11. The molecule has 0 aliphatic heterocycles. The third-order valence-electron chi connectivity index (χ3n) is 3.00. The maximum atomic E-state index is 11.3. The fourth-order valence-corrected chi connectivity index (χ4v) is 2.58. The summed E-state index contributed by atoms with van der Waals surface area (Å²) in [6, 6.07) is 15.7. The van der Waals surface area contributed by atoms with Crippen LogP contribution in [-0.4, -0.2) is 5.24 Å². The molecule has 0 saturated carbocycles. The van der Waals surface area contributed by atoms with Crippen LogP contribution in [0.15, 0.2) is 48.5 Å². The Bertz CT molecular complexity index is 778. The summed E-state index contributed by atoms with van der Waals surface area (Å²) in [4.78, 5) is 11.3. The molecule has 3 heteroatoms. The monoisotopic (exact) mass is 274 g/mol. The van der Waals surface area contributed by atoms with E-state index < -0.39 is 5.24 Å². The molecular formula is C15H8Cl2O. The lowest BCUT2D eigenvalue weighted by atomic mass is 10.0. The van der Waals surface area contributed by atoms with Crippen molar-refractivity contribution in [2.45, 2.75) is 0 Å². The highest BCUT2D eigenvalue weighted by Gasteiger charge is 2.09. The second-order valence-electron chi connectivity index (χ2n) is 4.15. The van der Waals surface area contributed by atoms with Crippen molar-refractivity contribution in [1.82, 2.24) is 0 Å². The predicted octanol–water partition coefficient (Wildman–Crippen LogP) is 5.03. The molecule has 0 radical (unpaired) electrons. The van der Waals surface area contributed by atoms with Crippen LogP contribution in [0.1, 0.15) is 10.4 Å². The third-order valence-corrected chi connectivity index (χ3v) is 3.52. The summed E-state index contributed by atoms with van der Waals surface area (Å²) in [5, 5.41) is 4.08. The van der Waals surface area contributed by atoms with Crippen LogP contribution < -0.4 is 0 Å². The summed E-state index contributed by atoms with van der Waals surface area (Å²) in [5.74, 6) is 0. The second-order valence-corrected chi connectivity index (χ2v) is 4.90. The molecule has 0 unspecified atom stereocenters. The van der Waals surface area contributed by atoms with Crippen LogP contribution in [0.3, 0.4) is 0 Å². The van der Waals surface area contributed by atoms with Gasteiger partial charge in [-0.2, -0.15) is 0 Å². The van der Waals surface area contributed by atoms with Crippen LogP contribution in [-0.2, 0) is 0 Å². The van der Waals surface area contributed by atoms with Crippen molar-refractivity contribution in [1.29, 1.82) is 0 Å². The smallest absolute Gasteiger partial charge is 0.253 e. The number of hydrogen-bond donors (Lipinski definition) is 0. The molecule has 0 bridgehead atoms. The molecule has 88 valence electrons. The number of carbonyl (C=O) groups is 1. The van der Waals surface area contributed by atoms with Crippen LogP contribution in [0.4, 0.5) is 0 Å². The molecule has 3 aromatic carbocycles. The Balaban J connectivity index is 2.40. The first kappa shape index (κ1) is 11.5. The molecular weight excluding hydrogens is 267 g/mol. The minimum atomic E-state index is -0.532. The largest absolute Gasteiger partial charge is 0.276 e. The summed E-state index contributed by atoms with van der Waals surface area (Å²) in [5.41, 5.74) is 0.348. The van der Waals surface area contributed by atoms with Gasteiger partial charge in [0, 0.05) is 0 Å². The maximum Gasteiger partial charge on any atom is 0.253 e. The van der Waals surface area contributed by atoms with Gasteiger partial charge in [0.1, 0.15) is 0 Å². The molecule has 0 spiro atoms. The van der Waals surface area contributed by atoms with E-state index in [9.17, 15) is 4.79 Å². The van der Waals surface area contributed by atoms with Crippen molar-refractivity contribution in [2.75, 3.05) is 0 Å². The average Bonchev–Trinajstić information content (AvgIpc) is 2.35. The van der Waals surface area contributed by atoms with Gasteiger partial charge in [-0.15, -0.1) is 0 Å². The van der Waals surface area contributed by atoms with Gasteiger partial charge in [-0.05, 0) is 57.4 Å². The molecule has 3 rings (SSSR count). The van der Waals surface area contributed by atoms with Crippen LogP contribution in [0.2, 0.25) is 5.02 Å². The number of carbonyl (C=O) groups excluding carboxylic acids is 1. The third kappa shape index (κ3) is 1.86. The quantitative estimate of drug-likeness (QED) is 0.450. The molecule has 0 amide bonds. The standard InChI is InChI=1S/C15H8Cl2O/c16-14-8-12-6-10-4-2-1-3-9(10)5-11(12)7-13(14)15(17)18/h1-8H. The Hall–Kier alpha value is -1.57. The van der Waals surface area contributed by atoms with Crippen molar-refractivity contribution in [2.24, 2.45) is 0 Å². The van der Waals surface area contributed by atoms with E-state index in [0.717, 1.165) is 21.5 Å². The van der Waals surface area contributed by atoms with E-state index in [1.807, 2.05) is 30.3 Å². The molecule has 0 aliphatic carbocycles. The number of halogens is 2. The van der Waals surface area contributed by atoms with Crippen molar-refractivity contribution >= 4 is 50.0 Å². The minimum absolute atomic E-state index is 0.348. The first-order valence-electron chi connectivity index (χ1n) is 5.47. The summed E-state index contributed by atoms with van der Waals surface area (Å²) < 4.78 is 0. The highest BCUT2D eigenvalue weighted by atomic mass is 35.5. The number of benzene rings is 3. The second kappa shape index (κ2) is 4.27. The SMILES string of the molecule is O=C(Cl)c1cc2cc3ccccc3cc2cc1Cl. The molecule has 0 atom stereocenters. The van der Waals surface area contributed by atoms with Crippen LogP contribution in [0.25, 0.3) is 21.5 Å². The highest BCUT2D eigenvalue weighted by Crippen LogP contribution is 2.28. The Morgan fingerprint density at radius 2 is 1.39 bits per heavy atom. The average molecular weight is 275 g/mol. The van der Waals surface area contributed by atoms with Gasteiger partial charge in [0.05, 0.1) is 10.6 Å². The normalized spacial score (nSPS) is 11.0. The van der Waals surface area contributed by atoms with Gasteiger partial charge in [0.15, 0.2) is 0 Å². The minimum Gasteiger partial charge on any atom is -0.276 e. The first-order chi connectivity index (χ1) is 8.65. The van der Waals surface area contributed by atoms with E-state index >= 15 is 0 Å².